The number of hydrogen-bond donors (Lipinski definition) is 1. The maximum absolute atomic E-state index is 12.5. The highest BCUT2D eigenvalue weighted by molar-refractivity contribution is 7.89. The van der Waals surface area contributed by atoms with Gasteiger partial charge in [0.1, 0.15) is 6.61 Å². The summed E-state index contributed by atoms with van der Waals surface area (Å²) in [6.45, 7) is 0.605. The van der Waals surface area contributed by atoms with E-state index in [1.165, 1.54) is 45.5 Å². The lowest BCUT2D eigenvalue weighted by Gasteiger charge is -2.17. The molecule has 0 spiro atoms. The van der Waals surface area contributed by atoms with Crippen molar-refractivity contribution in [2.24, 2.45) is 0 Å². The topological polar surface area (TPSA) is 96.0 Å². The molecular formula is C20H23N3O5S. The van der Waals surface area contributed by atoms with Gasteiger partial charge < -0.3 is 15.0 Å². The Morgan fingerprint density at radius 3 is 2.45 bits per heavy atom. The van der Waals surface area contributed by atoms with Crippen LogP contribution in [0.25, 0.3) is 0 Å². The summed E-state index contributed by atoms with van der Waals surface area (Å²) in [5, 5.41) is 2.81. The molecule has 154 valence electrons. The molecule has 8 nitrogen and oxygen atoms in total. The fraction of sp³-hybridized carbons (Fsp3) is 0.300. The van der Waals surface area contributed by atoms with E-state index in [-0.39, 0.29) is 23.3 Å². The molecule has 0 saturated carbocycles. The Morgan fingerprint density at radius 2 is 1.83 bits per heavy atom. The Morgan fingerprint density at radius 1 is 1.14 bits per heavy atom. The lowest BCUT2D eigenvalue weighted by Crippen LogP contribution is -2.31. The number of rotatable bonds is 6. The number of ether oxygens (including phenoxy) is 1. The summed E-state index contributed by atoms with van der Waals surface area (Å²) < 4.78 is 30.3. The number of methoxy groups -OCH3 is 1. The molecule has 0 radical (unpaired) electrons. The van der Waals surface area contributed by atoms with Crippen LogP contribution in [0.15, 0.2) is 47.4 Å². The van der Waals surface area contributed by atoms with E-state index >= 15 is 0 Å². The van der Waals surface area contributed by atoms with E-state index in [1.807, 2.05) is 6.07 Å². The van der Waals surface area contributed by atoms with Gasteiger partial charge in [0, 0.05) is 44.7 Å². The molecule has 1 heterocycles. The van der Waals surface area contributed by atoms with Gasteiger partial charge >= 0.3 is 0 Å². The first kappa shape index (κ1) is 21.0. The van der Waals surface area contributed by atoms with Crippen LogP contribution in [0.3, 0.4) is 0 Å². The fourth-order valence-electron chi connectivity index (χ4n) is 3.13. The van der Waals surface area contributed by atoms with Gasteiger partial charge in [-0.3, -0.25) is 9.59 Å². The van der Waals surface area contributed by atoms with Crippen LogP contribution in [0, 0.1) is 0 Å². The highest BCUT2D eigenvalue weighted by Gasteiger charge is 2.25. The number of fused-ring (bicyclic) bond motifs is 1. The number of anilines is 2. The van der Waals surface area contributed by atoms with E-state index in [2.05, 4.69) is 5.32 Å². The van der Waals surface area contributed by atoms with E-state index < -0.39 is 10.0 Å². The van der Waals surface area contributed by atoms with Gasteiger partial charge in [-0.2, -0.15) is 0 Å². The quantitative estimate of drug-likeness (QED) is 0.772. The summed E-state index contributed by atoms with van der Waals surface area (Å²) in [7, 11) is 0.845. The molecule has 2 amide bonds. The molecule has 1 aliphatic heterocycles. The molecule has 2 aromatic rings. The maximum atomic E-state index is 12.5. The number of sulfonamides is 1. The molecule has 1 N–H and O–H groups in total. The largest absolute Gasteiger partial charge is 0.375 e. The Kier molecular flexibility index (Phi) is 6.02. The molecule has 0 atom stereocenters. The molecule has 0 bridgehead atoms. The van der Waals surface area contributed by atoms with Gasteiger partial charge in [-0.15, -0.1) is 0 Å². The maximum Gasteiger partial charge on any atom is 0.255 e. The summed E-state index contributed by atoms with van der Waals surface area (Å²) in [6.07, 6.45) is 0.700. The molecule has 0 aliphatic carbocycles. The Hall–Kier alpha value is -2.75. The van der Waals surface area contributed by atoms with E-state index in [0.29, 0.717) is 24.2 Å². The third-order valence-corrected chi connectivity index (χ3v) is 6.53. The zero-order valence-electron chi connectivity index (χ0n) is 16.5. The van der Waals surface area contributed by atoms with Crippen LogP contribution in [0.5, 0.6) is 0 Å². The first-order chi connectivity index (χ1) is 13.7. The molecule has 0 saturated heterocycles. The highest BCUT2D eigenvalue weighted by Crippen LogP contribution is 2.30. The van der Waals surface area contributed by atoms with Crippen LogP contribution in [0.1, 0.15) is 15.9 Å². The van der Waals surface area contributed by atoms with Crippen molar-refractivity contribution in [1.82, 2.24) is 4.31 Å². The van der Waals surface area contributed by atoms with Crippen LogP contribution in [-0.2, 0) is 26.0 Å². The molecule has 1 aliphatic rings. The Balaban J connectivity index is 1.73. The minimum absolute atomic E-state index is 0.0253. The van der Waals surface area contributed by atoms with Crippen molar-refractivity contribution in [3.05, 3.63) is 53.6 Å². The van der Waals surface area contributed by atoms with Gasteiger partial charge in [-0.25, -0.2) is 12.7 Å². The number of amides is 2. The van der Waals surface area contributed by atoms with Crippen molar-refractivity contribution < 1.29 is 22.7 Å². The van der Waals surface area contributed by atoms with Crippen molar-refractivity contribution in [3.8, 4) is 0 Å². The summed E-state index contributed by atoms with van der Waals surface area (Å²) in [4.78, 5) is 26.4. The molecular weight excluding hydrogens is 394 g/mol. The van der Waals surface area contributed by atoms with Gasteiger partial charge in [0.05, 0.1) is 4.90 Å². The monoisotopic (exact) mass is 417 g/mol. The van der Waals surface area contributed by atoms with E-state index in [0.717, 1.165) is 15.6 Å². The van der Waals surface area contributed by atoms with Gasteiger partial charge in [-0.1, -0.05) is 0 Å². The first-order valence-corrected chi connectivity index (χ1v) is 10.4. The smallest absolute Gasteiger partial charge is 0.255 e. The van der Waals surface area contributed by atoms with Crippen LogP contribution < -0.4 is 10.2 Å². The van der Waals surface area contributed by atoms with Crippen molar-refractivity contribution >= 4 is 33.2 Å². The van der Waals surface area contributed by atoms with Gasteiger partial charge in [-0.05, 0) is 54.4 Å². The van der Waals surface area contributed by atoms with Crippen LogP contribution in [-0.4, -0.2) is 58.9 Å². The van der Waals surface area contributed by atoms with E-state index in [4.69, 9.17) is 4.74 Å². The molecule has 3 rings (SSSR count). The summed E-state index contributed by atoms with van der Waals surface area (Å²) in [6, 6.07) is 11.2. The summed E-state index contributed by atoms with van der Waals surface area (Å²) in [5.74, 6) is -0.445. The van der Waals surface area contributed by atoms with Crippen LogP contribution >= 0.6 is 0 Å². The third-order valence-electron chi connectivity index (χ3n) is 4.70. The van der Waals surface area contributed by atoms with Crippen molar-refractivity contribution in [2.45, 2.75) is 11.3 Å². The average Bonchev–Trinajstić information content (AvgIpc) is 3.11. The van der Waals surface area contributed by atoms with Gasteiger partial charge in [0.15, 0.2) is 0 Å². The minimum atomic E-state index is -3.54. The number of nitrogens with one attached hydrogen (secondary N) is 1. The molecule has 0 aromatic heterocycles. The second-order valence-corrected chi connectivity index (χ2v) is 8.99. The van der Waals surface area contributed by atoms with Gasteiger partial charge in [0.25, 0.3) is 11.8 Å². The minimum Gasteiger partial charge on any atom is -0.375 e. The van der Waals surface area contributed by atoms with Crippen molar-refractivity contribution in [3.63, 3.8) is 0 Å². The molecule has 0 fully saturated rings. The number of nitrogens with zero attached hydrogens (tertiary/aromatic N) is 2. The lowest BCUT2D eigenvalue weighted by molar-refractivity contribution is -0.122. The second kappa shape index (κ2) is 8.32. The zero-order valence-corrected chi connectivity index (χ0v) is 17.3. The van der Waals surface area contributed by atoms with Crippen LogP contribution in [0.2, 0.25) is 0 Å². The number of carbonyl (C=O) groups is 2. The zero-order chi connectivity index (χ0) is 21.2. The summed E-state index contributed by atoms with van der Waals surface area (Å²) in [5.41, 5.74) is 2.75. The van der Waals surface area contributed by atoms with Crippen LogP contribution in [0.4, 0.5) is 11.4 Å². The average molecular weight is 417 g/mol. The van der Waals surface area contributed by atoms with E-state index in [9.17, 15) is 18.0 Å². The number of hydrogen-bond acceptors (Lipinski definition) is 5. The van der Waals surface area contributed by atoms with Gasteiger partial charge in [0.2, 0.25) is 10.0 Å². The second-order valence-electron chi connectivity index (χ2n) is 6.84. The van der Waals surface area contributed by atoms with Crippen molar-refractivity contribution in [1.29, 1.82) is 0 Å². The predicted molar refractivity (Wildman–Crippen MR) is 110 cm³/mol. The van der Waals surface area contributed by atoms with Crippen molar-refractivity contribution in [2.75, 3.05) is 44.6 Å². The predicted octanol–water partition coefficient (Wildman–Crippen LogP) is 1.72. The standard InChI is InChI=1S/C20H23N3O5S/c1-22(2)29(26,27)17-7-4-14(5-8-17)20(25)21-16-6-9-18-15(12-16)10-11-23(18)19(24)13-28-3/h4-9,12H,10-11,13H2,1-3H3,(H,21,25). The normalized spacial score (nSPS) is 13.4. The summed E-state index contributed by atoms with van der Waals surface area (Å²) >= 11 is 0. The molecule has 2 aromatic carbocycles. The number of benzene rings is 2. The SMILES string of the molecule is COCC(=O)N1CCc2cc(NC(=O)c3ccc(S(=O)(=O)N(C)C)cc3)ccc21. The Bertz CT molecular complexity index is 1030. The molecule has 29 heavy (non-hydrogen) atoms. The highest BCUT2D eigenvalue weighted by atomic mass is 32.2. The lowest BCUT2D eigenvalue weighted by atomic mass is 10.1. The third kappa shape index (κ3) is 4.31. The number of carbonyl (C=O) groups excluding carboxylic acids is 2. The Labute approximate surface area is 170 Å². The molecule has 9 heteroatoms. The first-order valence-electron chi connectivity index (χ1n) is 9.00. The molecule has 0 unspecified atom stereocenters. The fourth-order valence-corrected chi connectivity index (χ4v) is 4.03. The van der Waals surface area contributed by atoms with E-state index in [1.54, 1.807) is 17.0 Å².